The van der Waals surface area contributed by atoms with Gasteiger partial charge < -0.3 is 14.6 Å². The molecular weight excluding hydrogens is 365 g/mol. The lowest BCUT2D eigenvalue weighted by atomic mass is 9.97. The molecule has 0 fully saturated rings. The van der Waals surface area contributed by atoms with Gasteiger partial charge in [-0.15, -0.1) is 0 Å². The van der Waals surface area contributed by atoms with Gasteiger partial charge in [0.2, 0.25) is 0 Å². The third-order valence-corrected chi connectivity index (χ3v) is 5.03. The van der Waals surface area contributed by atoms with Crippen molar-refractivity contribution in [3.8, 4) is 16.9 Å². The van der Waals surface area contributed by atoms with Crippen molar-refractivity contribution < 1.29 is 17.9 Å². The number of rotatable bonds is 3. The third-order valence-electron chi connectivity index (χ3n) is 5.03. The number of alkyl halides is 3. The molecule has 3 nitrogen and oxygen atoms in total. The Bertz CT molecular complexity index is 1000. The number of hydrogen-bond acceptors (Lipinski definition) is 2. The first-order chi connectivity index (χ1) is 13.3. The van der Waals surface area contributed by atoms with Gasteiger partial charge in [0, 0.05) is 42.7 Å². The summed E-state index contributed by atoms with van der Waals surface area (Å²) in [5.41, 5.74) is 2.15. The molecular formula is C22H23F3N2O. The van der Waals surface area contributed by atoms with Crippen LogP contribution in [0.4, 0.5) is 13.2 Å². The summed E-state index contributed by atoms with van der Waals surface area (Å²) < 4.78 is 49.4. The molecule has 0 spiro atoms. The summed E-state index contributed by atoms with van der Waals surface area (Å²) in [4.78, 5) is 0. The predicted molar refractivity (Wildman–Crippen MR) is 105 cm³/mol. The quantitative estimate of drug-likeness (QED) is 0.662. The second-order valence-electron chi connectivity index (χ2n) is 7.40. The zero-order valence-corrected chi connectivity index (χ0v) is 15.9. The average molecular weight is 388 g/mol. The number of fused-ring (bicyclic) bond motifs is 3. The van der Waals surface area contributed by atoms with Gasteiger partial charge in [-0.1, -0.05) is 24.3 Å². The third kappa shape index (κ3) is 3.49. The van der Waals surface area contributed by atoms with Crippen LogP contribution in [0.5, 0.6) is 5.75 Å². The predicted octanol–water partition coefficient (Wildman–Crippen LogP) is 5.26. The molecule has 2 heterocycles. The molecule has 0 aliphatic carbocycles. The van der Waals surface area contributed by atoms with Crippen LogP contribution in [0.1, 0.15) is 25.1 Å². The van der Waals surface area contributed by atoms with Gasteiger partial charge in [0.05, 0.1) is 17.2 Å². The van der Waals surface area contributed by atoms with Crippen molar-refractivity contribution in [2.75, 3.05) is 13.1 Å². The van der Waals surface area contributed by atoms with Crippen LogP contribution in [-0.2, 0) is 19.1 Å². The van der Waals surface area contributed by atoms with Crippen molar-refractivity contribution in [3.05, 3.63) is 53.7 Å². The minimum absolute atomic E-state index is 0.187. The molecule has 1 aliphatic heterocycles. The molecule has 1 aromatic heterocycles. The SMILES string of the molecule is CC(C)Oc1ccc(-c2cccc3cc4n(c23)CCNCC4)c(C(F)(F)F)c1. The Morgan fingerprint density at radius 1 is 1.04 bits per heavy atom. The number of para-hydroxylation sites is 1. The van der Waals surface area contributed by atoms with Gasteiger partial charge in [-0.2, -0.15) is 13.2 Å². The lowest BCUT2D eigenvalue weighted by Gasteiger charge is -2.18. The molecule has 1 N–H and O–H groups in total. The molecule has 148 valence electrons. The Morgan fingerprint density at radius 3 is 2.61 bits per heavy atom. The highest BCUT2D eigenvalue weighted by molar-refractivity contribution is 5.96. The van der Waals surface area contributed by atoms with E-state index in [4.69, 9.17) is 4.74 Å². The summed E-state index contributed by atoms with van der Waals surface area (Å²) in [6.07, 6.45) is -3.80. The second-order valence-corrected chi connectivity index (χ2v) is 7.40. The lowest BCUT2D eigenvalue weighted by molar-refractivity contribution is -0.137. The van der Waals surface area contributed by atoms with Gasteiger partial charge >= 0.3 is 6.18 Å². The van der Waals surface area contributed by atoms with Crippen molar-refractivity contribution in [1.29, 1.82) is 0 Å². The van der Waals surface area contributed by atoms with Crippen LogP contribution in [0, 0.1) is 0 Å². The molecule has 1 aliphatic rings. The van der Waals surface area contributed by atoms with Crippen LogP contribution >= 0.6 is 0 Å². The van der Waals surface area contributed by atoms with Gasteiger partial charge in [-0.05, 0) is 37.6 Å². The van der Waals surface area contributed by atoms with Crippen LogP contribution in [-0.4, -0.2) is 23.8 Å². The molecule has 0 unspecified atom stereocenters. The molecule has 0 saturated carbocycles. The fraction of sp³-hybridized carbons (Fsp3) is 0.364. The van der Waals surface area contributed by atoms with Gasteiger partial charge in [-0.25, -0.2) is 0 Å². The Labute approximate surface area is 162 Å². The van der Waals surface area contributed by atoms with Crippen LogP contribution in [0.15, 0.2) is 42.5 Å². The maximum Gasteiger partial charge on any atom is 0.417 e. The van der Waals surface area contributed by atoms with Gasteiger partial charge in [0.25, 0.3) is 0 Å². The Balaban J connectivity index is 1.94. The van der Waals surface area contributed by atoms with Crippen LogP contribution in [0.25, 0.3) is 22.0 Å². The summed E-state index contributed by atoms with van der Waals surface area (Å²) in [6.45, 7) is 6.02. The van der Waals surface area contributed by atoms with Gasteiger partial charge in [0.15, 0.2) is 0 Å². The van der Waals surface area contributed by atoms with Crippen LogP contribution in [0.2, 0.25) is 0 Å². The molecule has 0 amide bonds. The number of hydrogen-bond donors (Lipinski definition) is 1. The van der Waals surface area contributed by atoms with Crippen molar-refractivity contribution in [2.45, 2.75) is 39.1 Å². The zero-order chi connectivity index (χ0) is 19.9. The Kier molecular flexibility index (Phi) is 4.83. The highest BCUT2D eigenvalue weighted by atomic mass is 19.4. The van der Waals surface area contributed by atoms with E-state index in [1.54, 1.807) is 26.0 Å². The molecule has 0 atom stereocenters. The molecule has 3 aromatic rings. The molecule has 28 heavy (non-hydrogen) atoms. The normalized spacial score (nSPS) is 14.9. The summed E-state index contributed by atoms with van der Waals surface area (Å²) in [6, 6.07) is 11.9. The largest absolute Gasteiger partial charge is 0.491 e. The van der Waals surface area contributed by atoms with Crippen LogP contribution < -0.4 is 10.1 Å². The second kappa shape index (κ2) is 7.17. The van der Waals surface area contributed by atoms with E-state index in [1.165, 1.54) is 6.07 Å². The number of aromatic nitrogens is 1. The molecule has 0 bridgehead atoms. The Morgan fingerprint density at radius 2 is 1.86 bits per heavy atom. The van der Waals surface area contributed by atoms with Crippen molar-refractivity contribution in [2.24, 2.45) is 0 Å². The van der Waals surface area contributed by atoms with Gasteiger partial charge in [-0.3, -0.25) is 0 Å². The van der Waals surface area contributed by atoms with E-state index in [0.717, 1.165) is 48.7 Å². The molecule has 0 radical (unpaired) electrons. The van der Waals surface area contributed by atoms with Crippen molar-refractivity contribution >= 4 is 10.9 Å². The van der Waals surface area contributed by atoms with Gasteiger partial charge in [0.1, 0.15) is 5.75 Å². The van der Waals surface area contributed by atoms with Crippen molar-refractivity contribution in [3.63, 3.8) is 0 Å². The van der Waals surface area contributed by atoms with Crippen molar-refractivity contribution in [1.82, 2.24) is 9.88 Å². The maximum atomic E-state index is 13.9. The minimum Gasteiger partial charge on any atom is -0.491 e. The number of nitrogens with zero attached hydrogens (tertiary/aromatic N) is 1. The number of benzene rings is 2. The number of nitrogens with one attached hydrogen (secondary N) is 1. The highest BCUT2D eigenvalue weighted by Crippen LogP contribution is 2.42. The summed E-state index contributed by atoms with van der Waals surface area (Å²) in [7, 11) is 0. The molecule has 4 rings (SSSR count). The van der Waals surface area contributed by atoms with E-state index in [0.29, 0.717) is 5.56 Å². The van der Waals surface area contributed by atoms with E-state index in [1.807, 2.05) is 12.1 Å². The monoisotopic (exact) mass is 388 g/mol. The lowest BCUT2D eigenvalue weighted by Crippen LogP contribution is -2.17. The smallest absolute Gasteiger partial charge is 0.417 e. The standard InChI is InChI=1S/C22H23F3N2O/c1-14(2)28-17-6-7-18(20(13-17)22(23,24)25)19-5-3-4-15-12-16-8-9-26-10-11-27(16)21(15)19/h3-7,12-14,26H,8-11H2,1-2H3. The topological polar surface area (TPSA) is 26.2 Å². The van der Waals surface area contributed by atoms with E-state index >= 15 is 0 Å². The fourth-order valence-corrected chi connectivity index (χ4v) is 3.93. The summed E-state index contributed by atoms with van der Waals surface area (Å²) in [5.74, 6) is 0.233. The summed E-state index contributed by atoms with van der Waals surface area (Å²) in [5, 5.41) is 4.32. The number of ether oxygens (including phenoxy) is 1. The van der Waals surface area contributed by atoms with E-state index in [9.17, 15) is 13.2 Å². The summed E-state index contributed by atoms with van der Waals surface area (Å²) >= 11 is 0. The highest BCUT2D eigenvalue weighted by Gasteiger charge is 2.35. The van der Waals surface area contributed by atoms with E-state index in [2.05, 4.69) is 16.0 Å². The average Bonchev–Trinajstić information content (AvgIpc) is 2.82. The van der Waals surface area contributed by atoms with Crippen LogP contribution in [0.3, 0.4) is 0 Å². The Hall–Kier alpha value is -2.47. The first-order valence-electron chi connectivity index (χ1n) is 9.54. The first kappa shape index (κ1) is 18.9. The fourth-order valence-electron chi connectivity index (χ4n) is 3.93. The molecule has 6 heteroatoms. The van der Waals surface area contributed by atoms with E-state index < -0.39 is 11.7 Å². The minimum atomic E-state index is -4.47. The molecule has 2 aromatic carbocycles. The maximum absolute atomic E-state index is 13.9. The molecule has 0 saturated heterocycles. The van der Waals surface area contributed by atoms with E-state index in [-0.39, 0.29) is 17.4 Å². The first-order valence-corrected chi connectivity index (χ1v) is 9.54. The zero-order valence-electron chi connectivity index (χ0n) is 15.9. The number of halogens is 3.